The van der Waals surface area contributed by atoms with Crippen LogP contribution in [-0.2, 0) is 4.79 Å². The molecule has 154 valence electrons. The highest BCUT2D eigenvalue weighted by molar-refractivity contribution is 5.95. The first-order valence-corrected chi connectivity index (χ1v) is 10.5. The van der Waals surface area contributed by atoms with Crippen LogP contribution in [0.25, 0.3) is 0 Å². The zero-order valence-corrected chi connectivity index (χ0v) is 16.9. The fourth-order valence-corrected chi connectivity index (χ4v) is 4.18. The van der Waals surface area contributed by atoms with Gasteiger partial charge in [-0.25, -0.2) is 0 Å². The minimum atomic E-state index is -0.436. The summed E-state index contributed by atoms with van der Waals surface area (Å²) in [4.78, 5) is 27.1. The van der Waals surface area contributed by atoms with Gasteiger partial charge in [0.2, 0.25) is 5.91 Å². The number of hydrogen-bond acceptors (Lipinski definition) is 3. The number of amides is 2. The first kappa shape index (κ1) is 20.0. The number of furan rings is 1. The molecule has 3 aromatic rings. The lowest BCUT2D eigenvalue weighted by Crippen LogP contribution is -2.46. The molecular formula is C25H26N2O3. The number of rotatable bonds is 7. The second-order valence-electron chi connectivity index (χ2n) is 7.59. The topological polar surface area (TPSA) is 62.6 Å². The van der Waals surface area contributed by atoms with Crippen LogP contribution in [0.5, 0.6) is 0 Å². The Balaban J connectivity index is 1.39. The predicted molar refractivity (Wildman–Crippen MR) is 115 cm³/mol. The number of carbonyl (C=O) groups is 2. The SMILES string of the molecule is O=C(NCCC(c1ccccc1)c1ccccc1)C1CCCN1C(=O)c1ccco1. The average Bonchev–Trinajstić information content (AvgIpc) is 3.50. The fourth-order valence-electron chi connectivity index (χ4n) is 4.18. The highest BCUT2D eigenvalue weighted by Crippen LogP contribution is 2.27. The second-order valence-corrected chi connectivity index (χ2v) is 7.59. The molecule has 1 aliphatic rings. The van der Waals surface area contributed by atoms with Crippen LogP contribution in [0.2, 0.25) is 0 Å². The molecule has 0 saturated carbocycles. The number of carbonyl (C=O) groups excluding carboxylic acids is 2. The van der Waals surface area contributed by atoms with Gasteiger partial charge in [0.15, 0.2) is 5.76 Å². The summed E-state index contributed by atoms with van der Waals surface area (Å²) in [5.41, 5.74) is 2.46. The van der Waals surface area contributed by atoms with Crippen LogP contribution in [0.15, 0.2) is 83.5 Å². The molecule has 1 aliphatic heterocycles. The van der Waals surface area contributed by atoms with E-state index < -0.39 is 6.04 Å². The summed E-state index contributed by atoms with van der Waals surface area (Å²) in [5, 5.41) is 3.06. The molecule has 1 N–H and O–H groups in total. The van der Waals surface area contributed by atoms with Crippen molar-refractivity contribution in [3.63, 3.8) is 0 Å². The second kappa shape index (κ2) is 9.44. The molecule has 5 nitrogen and oxygen atoms in total. The van der Waals surface area contributed by atoms with E-state index in [0.717, 1.165) is 12.8 Å². The number of nitrogens with one attached hydrogen (secondary N) is 1. The van der Waals surface area contributed by atoms with Crippen molar-refractivity contribution in [2.24, 2.45) is 0 Å². The van der Waals surface area contributed by atoms with E-state index in [1.54, 1.807) is 17.0 Å². The molecule has 0 bridgehead atoms. The van der Waals surface area contributed by atoms with Crippen LogP contribution in [0, 0.1) is 0 Å². The summed E-state index contributed by atoms with van der Waals surface area (Å²) in [6.07, 6.45) is 3.77. The van der Waals surface area contributed by atoms with Crippen molar-refractivity contribution in [2.45, 2.75) is 31.2 Å². The minimum Gasteiger partial charge on any atom is -0.459 e. The van der Waals surface area contributed by atoms with Gasteiger partial charge in [-0.05, 0) is 42.5 Å². The van der Waals surface area contributed by atoms with Gasteiger partial charge < -0.3 is 14.6 Å². The van der Waals surface area contributed by atoms with Crippen molar-refractivity contribution in [2.75, 3.05) is 13.1 Å². The molecule has 2 heterocycles. The monoisotopic (exact) mass is 402 g/mol. The first-order chi connectivity index (χ1) is 14.7. The van der Waals surface area contributed by atoms with Gasteiger partial charge in [-0.15, -0.1) is 0 Å². The standard InChI is InChI=1S/C25H26N2O3/c28-24(22-13-7-17-27(22)25(29)23-14-8-18-30-23)26-16-15-21(19-9-3-1-4-10-19)20-11-5-2-6-12-20/h1-6,8-12,14,18,21-22H,7,13,15-17H2,(H,26,28). The highest BCUT2D eigenvalue weighted by Gasteiger charge is 2.35. The van der Waals surface area contributed by atoms with E-state index in [1.165, 1.54) is 17.4 Å². The zero-order valence-electron chi connectivity index (χ0n) is 16.9. The van der Waals surface area contributed by atoms with Gasteiger partial charge in [-0.1, -0.05) is 60.7 Å². The number of benzene rings is 2. The molecular weight excluding hydrogens is 376 g/mol. The molecule has 0 spiro atoms. The van der Waals surface area contributed by atoms with E-state index in [-0.39, 0.29) is 23.5 Å². The summed E-state index contributed by atoms with van der Waals surface area (Å²) in [6.45, 7) is 1.13. The maximum Gasteiger partial charge on any atom is 0.290 e. The Bertz CT molecular complexity index is 915. The summed E-state index contributed by atoms with van der Waals surface area (Å²) in [6, 6.07) is 23.6. The number of likely N-dealkylation sites (tertiary alicyclic amines) is 1. The van der Waals surface area contributed by atoms with Crippen molar-refractivity contribution in [3.8, 4) is 0 Å². The Morgan fingerprint density at radius 2 is 1.63 bits per heavy atom. The van der Waals surface area contributed by atoms with Crippen molar-refractivity contribution in [3.05, 3.63) is 95.9 Å². The van der Waals surface area contributed by atoms with Crippen molar-refractivity contribution in [1.29, 1.82) is 0 Å². The van der Waals surface area contributed by atoms with Crippen molar-refractivity contribution < 1.29 is 14.0 Å². The van der Waals surface area contributed by atoms with E-state index in [0.29, 0.717) is 19.5 Å². The summed E-state index contributed by atoms with van der Waals surface area (Å²) < 4.78 is 5.22. The van der Waals surface area contributed by atoms with Crippen LogP contribution in [0.4, 0.5) is 0 Å². The van der Waals surface area contributed by atoms with E-state index in [4.69, 9.17) is 4.42 Å². The number of hydrogen-bond donors (Lipinski definition) is 1. The van der Waals surface area contributed by atoms with Crippen LogP contribution >= 0.6 is 0 Å². The Labute approximate surface area is 176 Å². The molecule has 1 saturated heterocycles. The van der Waals surface area contributed by atoms with Gasteiger partial charge in [0.1, 0.15) is 6.04 Å². The maximum absolute atomic E-state index is 12.8. The molecule has 1 aromatic heterocycles. The lowest BCUT2D eigenvalue weighted by atomic mass is 9.88. The molecule has 1 atom stereocenters. The number of nitrogens with zero attached hydrogens (tertiary/aromatic N) is 1. The van der Waals surface area contributed by atoms with Gasteiger partial charge >= 0.3 is 0 Å². The zero-order chi connectivity index (χ0) is 20.8. The molecule has 30 heavy (non-hydrogen) atoms. The van der Waals surface area contributed by atoms with Crippen LogP contribution in [0.3, 0.4) is 0 Å². The molecule has 2 aromatic carbocycles. The third kappa shape index (κ3) is 4.46. The van der Waals surface area contributed by atoms with E-state index >= 15 is 0 Å². The lowest BCUT2D eigenvalue weighted by Gasteiger charge is -2.24. The predicted octanol–water partition coefficient (Wildman–Crippen LogP) is 4.22. The van der Waals surface area contributed by atoms with Gasteiger partial charge in [-0.3, -0.25) is 9.59 Å². The third-order valence-corrected chi connectivity index (χ3v) is 5.68. The lowest BCUT2D eigenvalue weighted by molar-refractivity contribution is -0.124. The first-order valence-electron chi connectivity index (χ1n) is 10.5. The molecule has 2 amide bonds. The smallest absolute Gasteiger partial charge is 0.290 e. The summed E-state index contributed by atoms with van der Waals surface area (Å²) >= 11 is 0. The average molecular weight is 402 g/mol. The van der Waals surface area contributed by atoms with E-state index in [9.17, 15) is 9.59 Å². The Hall–Kier alpha value is -3.34. The van der Waals surface area contributed by atoms with Gasteiger partial charge in [0.05, 0.1) is 6.26 Å². The summed E-state index contributed by atoms with van der Waals surface area (Å²) in [7, 11) is 0. The van der Waals surface area contributed by atoms with E-state index in [1.807, 2.05) is 36.4 Å². The van der Waals surface area contributed by atoms with E-state index in [2.05, 4.69) is 29.6 Å². The van der Waals surface area contributed by atoms with Crippen LogP contribution < -0.4 is 5.32 Å². The normalized spacial score (nSPS) is 16.0. The van der Waals surface area contributed by atoms with Crippen molar-refractivity contribution in [1.82, 2.24) is 10.2 Å². The third-order valence-electron chi connectivity index (χ3n) is 5.68. The van der Waals surface area contributed by atoms with Crippen molar-refractivity contribution >= 4 is 11.8 Å². The molecule has 5 heteroatoms. The molecule has 0 radical (unpaired) electrons. The molecule has 1 fully saturated rings. The highest BCUT2D eigenvalue weighted by atomic mass is 16.3. The minimum absolute atomic E-state index is 0.0905. The molecule has 1 unspecified atom stereocenters. The largest absolute Gasteiger partial charge is 0.459 e. The summed E-state index contributed by atoms with van der Waals surface area (Å²) in [5.74, 6) is 0.177. The Morgan fingerprint density at radius 1 is 0.967 bits per heavy atom. The fraction of sp³-hybridized carbons (Fsp3) is 0.280. The van der Waals surface area contributed by atoms with Crippen LogP contribution in [-0.4, -0.2) is 35.8 Å². The van der Waals surface area contributed by atoms with Gasteiger partial charge in [0.25, 0.3) is 5.91 Å². The molecule has 0 aliphatic carbocycles. The van der Waals surface area contributed by atoms with Gasteiger partial charge in [-0.2, -0.15) is 0 Å². The van der Waals surface area contributed by atoms with Crippen LogP contribution in [0.1, 0.15) is 46.9 Å². The van der Waals surface area contributed by atoms with Gasteiger partial charge in [0, 0.05) is 19.0 Å². The molecule has 4 rings (SSSR count). The Kier molecular flexibility index (Phi) is 6.28. The Morgan fingerprint density at radius 3 is 2.23 bits per heavy atom. The maximum atomic E-state index is 12.8. The quantitative estimate of drug-likeness (QED) is 0.644.